The molecule has 4 aromatic carbocycles. The van der Waals surface area contributed by atoms with Gasteiger partial charge in [0, 0.05) is 12.0 Å². The van der Waals surface area contributed by atoms with Gasteiger partial charge in [-0.05, 0) is 142 Å². The van der Waals surface area contributed by atoms with E-state index in [9.17, 15) is 0 Å². The normalized spacial score (nSPS) is 15.4. The van der Waals surface area contributed by atoms with E-state index in [0.717, 1.165) is 60.3 Å². The highest BCUT2D eigenvalue weighted by Crippen LogP contribution is 2.57. The van der Waals surface area contributed by atoms with Crippen LogP contribution in [0, 0.1) is 17.8 Å². The van der Waals surface area contributed by atoms with Crippen molar-refractivity contribution in [3.05, 3.63) is 127 Å². The summed E-state index contributed by atoms with van der Waals surface area (Å²) in [5.41, 5.74) is 3.83. The molecule has 0 aliphatic heterocycles. The van der Waals surface area contributed by atoms with Crippen molar-refractivity contribution < 1.29 is 17.7 Å². The van der Waals surface area contributed by atoms with Crippen LogP contribution >= 0.6 is 7.26 Å². The number of benzene rings is 4. The van der Waals surface area contributed by atoms with Crippen molar-refractivity contribution in [3.8, 4) is 11.5 Å². The summed E-state index contributed by atoms with van der Waals surface area (Å²) in [6.45, 7) is 50.4. The highest BCUT2D eigenvalue weighted by Gasteiger charge is 2.50. The third-order valence-electron chi connectivity index (χ3n) is 18.5. The van der Waals surface area contributed by atoms with Crippen molar-refractivity contribution >= 4 is 56.4 Å². The van der Waals surface area contributed by atoms with Gasteiger partial charge in [0.05, 0.1) is 18.4 Å². The summed E-state index contributed by atoms with van der Waals surface area (Å²) >= 11 is 0. The standard InChI is InChI=1S/C66H110O4PSi4/c1-22-72(23-2,24-3)69-65(58(21)45-56(19)49-71(62-37-31-28-32-38-62,63-39-33-29-34-40-63)64-41-35-30-36-42-64)44-43-57(20)66(70-73(25-4,26-5)27-6)59-46-60(67-74(50(7)8,51(9)10)52(11)12)48-61(47-59)68-75(53(13)14,54(15)16)55(17)18/h28-44,46-48,50-58,65-66H,22-27,45,49H2,1-21H3/q+1/b44-43+/t56-,57-,58-,65?,66-/m0/s1. The zero-order chi connectivity index (χ0) is 55.9. The second-order valence-electron chi connectivity index (χ2n) is 24.7. The minimum absolute atomic E-state index is 0.0106. The van der Waals surface area contributed by atoms with Gasteiger partial charge in [-0.1, -0.05) is 212 Å². The van der Waals surface area contributed by atoms with Gasteiger partial charge >= 0.3 is 0 Å². The first-order chi connectivity index (χ1) is 35.5. The molecule has 4 nitrogen and oxygen atoms in total. The zero-order valence-electron chi connectivity index (χ0n) is 51.6. The maximum Gasteiger partial charge on any atom is 0.258 e. The van der Waals surface area contributed by atoms with E-state index in [1.807, 2.05) is 0 Å². The van der Waals surface area contributed by atoms with E-state index in [1.54, 1.807) is 0 Å². The number of rotatable bonds is 32. The fourth-order valence-electron chi connectivity index (χ4n) is 13.9. The molecule has 0 aliphatic rings. The van der Waals surface area contributed by atoms with Crippen molar-refractivity contribution in [1.29, 1.82) is 0 Å². The van der Waals surface area contributed by atoms with E-state index in [4.69, 9.17) is 17.7 Å². The van der Waals surface area contributed by atoms with Crippen LogP contribution in [0.5, 0.6) is 11.5 Å². The lowest BCUT2D eigenvalue weighted by molar-refractivity contribution is 0.145. The van der Waals surface area contributed by atoms with Gasteiger partial charge in [0.15, 0.2) is 16.6 Å². The van der Waals surface area contributed by atoms with Crippen LogP contribution in [0.2, 0.25) is 69.5 Å². The van der Waals surface area contributed by atoms with Crippen LogP contribution in [0.3, 0.4) is 0 Å². The molecule has 75 heavy (non-hydrogen) atoms. The fraction of sp³-hybridized carbons (Fsp3) is 0.606. The van der Waals surface area contributed by atoms with Crippen LogP contribution in [-0.4, -0.2) is 45.5 Å². The van der Waals surface area contributed by atoms with Gasteiger partial charge in [-0.15, -0.1) is 0 Å². The third kappa shape index (κ3) is 15.0. The van der Waals surface area contributed by atoms with Gasteiger partial charge in [-0.25, -0.2) is 0 Å². The topological polar surface area (TPSA) is 36.9 Å². The Morgan fingerprint density at radius 2 is 0.760 bits per heavy atom. The quantitative estimate of drug-likeness (QED) is 0.0277. The molecule has 0 amide bonds. The Balaban J connectivity index is 1.94. The SMILES string of the molecule is CC[Si](CC)(CC)OC(/C=C/[C@H](C)[C@H](O[Si](CC)(CC)CC)c1cc(O[Si](C(C)C)(C(C)C)C(C)C)cc(O[Si](C(C)C)(C(C)C)C(C)C)c1)[C@@H](C)C[C@H](C)C[P+](c1ccccc1)(c1ccccc1)c1ccccc1. The van der Waals surface area contributed by atoms with Crippen molar-refractivity contribution in [3.63, 3.8) is 0 Å². The molecule has 0 aliphatic carbocycles. The van der Waals surface area contributed by atoms with Gasteiger partial charge in [0.2, 0.25) is 0 Å². The van der Waals surface area contributed by atoms with E-state index in [1.165, 1.54) is 21.5 Å². The van der Waals surface area contributed by atoms with E-state index in [-0.39, 0.29) is 18.1 Å². The number of hydrogen-bond donors (Lipinski definition) is 0. The van der Waals surface area contributed by atoms with Crippen LogP contribution in [0.25, 0.3) is 0 Å². The molecule has 5 atom stereocenters. The molecule has 0 saturated heterocycles. The van der Waals surface area contributed by atoms with Gasteiger partial charge in [0.1, 0.15) is 34.7 Å². The molecule has 0 bridgehead atoms. The fourth-order valence-corrected chi connectivity index (χ4v) is 34.8. The van der Waals surface area contributed by atoms with E-state index >= 15 is 0 Å². The predicted octanol–water partition coefficient (Wildman–Crippen LogP) is 20.1. The average molecular weight is 1110 g/mol. The lowest BCUT2D eigenvalue weighted by Crippen LogP contribution is -2.51. The Labute approximate surface area is 467 Å². The maximum absolute atomic E-state index is 7.86. The Hall–Kier alpha value is -2.56. The Bertz CT molecular complexity index is 2070. The van der Waals surface area contributed by atoms with Crippen LogP contribution in [0.15, 0.2) is 121 Å². The first-order valence-electron chi connectivity index (χ1n) is 30.1. The van der Waals surface area contributed by atoms with Crippen LogP contribution in [0.4, 0.5) is 0 Å². The first-order valence-corrected chi connectivity index (χ1v) is 41.4. The molecule has 0 radical (unpaired) electrons. The zero-order valence-corrected chi connectivity index (χ0v) is 56.5. The minimum Gasteiger partial charge on any atom is -0.543 e. The van der Waals surface area contributed by atoms with Crippen molar-refractivity contribution in [2.45, 2.75) is 234 Å². The second-order valence-corrected chi connectivity index (χ2v) is 48.5. The third-order valence-corrected chi connectivity index (χ3v) is 44.4. The Kier molecular flexibility index (Phi) is 25.2. The van der Waals surface area contributed by atoms with Crippen LogP contribution < -0.4 is 24.8 Å². The molecule has 4 aromatic rings. The predicted molar refractivity (Wildman–Crippen MR) is 344 cm³/mol. The van der Waals surface area contributed by atoms with Crippen molar-refractivity contribution in [1.82, 2.24) is 0 Å². The first kappa shape index (κ1) is 65.0. The molecule has 0 heterocycles. The van der Waals surface area contributed by atoms with Gasteiger partial charge in [-0.2, -0.15) is 0 Å². The van der Waals surface area contributed by atoms with Crippen molar-refractivity contribution in [2.24, 2.45) is 17.8 Å². The van der Waals surface area contributed by atoms with E-state index in [2.05, 4.69) is 267 Å². The molecule has 0 N–H and O–H groups in total. The summed E-state index contributed by atoms with van der Waals surface area (Å²) < 4.78 is 30.9. The summed E-state index contributed by atoms with van der Waals surface area (Å²) in [5.74, 6) is 2.72. The molecule has 0 aromatic heterocycles. The van der Waals surface area contributed by atoms with E-state index < -0.39 is 40.5 Å². The lowest BCUT2D eigenvalue weighted by Gasteiger charge is -2.44. The van der Waals surface area contributed by atoms with Gasteiger partial charge in [-0.3, -0.25) is 0 Å². The summed E-state index contributed by atoms with van der Waals surface area (Å²) in [6, 6.07) is 47.9. The molecule has 4 rings (SSSR count). The van der Waals surface area contributed by atoms with E-state index in [0.29, 0.717) is 45.1 Å². The molecular weight excluding hydrogens is 1000 g/mol. The molecule has 9 heteroatoms. The summed E-state index contributed by atoms with van der Waals surface area (Å²) in [7, 11) is -10.8. The molecule has 0 fully saturated rings. The minimum atomic E-state index is -2.33. The molecular formula is C66H110O4PSi4+. The summed E-state index contributed by atoms with van der Waals surface area (Å²) in [4.78, 5) is 0. The molecule has 418 valence electrons. The van der Waals surface area contributed by atoms with Crippen LogP contribution in [0.1, 0.15) is 163 Å². The van der Waals surface area contributed by atoms with Crippen LogP contribution in [-0.2, 0) is 8.85 Å². The molecule has 1 unspecified atom stereocenters. The summed E-state index contributed by atoms with van der Waals surface area (Å²) in [6.07, 6.45) is 6.99. The molecule has 0 saturated carbocycles. The lowest BCUT2D eigenvalue weighted by atomic mass is 9.91. The average Bonchev–Trinajstić information content (AvgIpc) is 3.39. The maximum atomic E-state index is 7.86. The highest BCUT2D eigenvalue weighted by atomic mass is 31.2. The van der Waals surface area contributed by atoms with Gasteiger partial charge in [0.25, 0.3) is 16.6 Å². The molecule has 0 spiro atoms. The van der Waals surface area contributed by atoms with Crippen molar-refractivity contribution in [2.75, 3.05) is 6.16 Å². The number of hydrogen-bond acceptors (Lipinski definition) is 4. The summed E-state index contributed by atoms with van der Waals surface area (Å²) in [5, 5.41) is 4.36. The Morgan fingerprint density at radius 3 is 1.08 bits per heavy atom. The smallest absolute Gasteiger partial charge is 0.258 e. The second kappa shape index (κ2) is 29.1. The van der Waals surface area contributed by atoms with Gasteiger partial charge < -0.3 is 17.7 Å². The highest BCUT2D eigenvalue weighted by molar-refractivity contribution is 7.95. The largest absolute Gasteiger partial charge is 0.543 e. The Morgan fingerprint density at radius 1 is 0.427 bits per heavy atom. The monoisotopic (exact) mass is 1110 g/mol.